The van der Waals surface area contributed by atoms with Crippen LogP contribution < -0.4 is 10.6 Å². The molecule has 0 saturated heterocycles. The van der Waals surface area contributed by atoms with E-state index in [1.165, 1.54) is 19.3 Å². The molecule has 0 radical (unpaired) electrons. The third kappa shape index (κ3) is 4.73. The van der Waals surface area contributed by atoms with Crippen molar-refractivity contribution < 1.29 is 4.42 Å². The summed E-state index contributed by atoms with van der Waals surface area (Å²) < 4.78 is 5.49. The van der Waals surface area contributed by atoms with Crippen LogP contribution in [0.25, 0.3) is 0 Å². The van der Waals surface area contributed by atoms with Gasteiger partial charge in [0, 0.05) is 12.1 Å². The predicted octanol–water partition coefficient (Wildman–Crippen LogP) is 2.17. The van der Waals surface area contributed by atoms with E-state index in [2.05, 4.69) is 41.6 Å². The third-order valence-corrected chi connectivity index (χ3v) is 2.76. The van der Waals surface area contributed by atoms with Gasteiger partial charge in [0.1, 0.15) is 0 Å². The highest BCUT2D eigenvalue weighted by Gasteiger charge is 2.20. The molecule has 96 valence electrons. The predicted molar refractivity (Wildman–Crippen MR) is 66.7 cm³/mol. The van der Waals surface area contributed by atoms with Crippen LogP contribution in [-0.2, 0) is 6.54 Å². The monoisotopic (exact) mass is 238 g/mol. The molecule has 2 rings (SSSR count). The maximum absolute atomic E-state index is 5.49. The Labute approximate surface area is 102 Å². The minimum Gasteiger partial charge on any atom is -0.407 e. The van der Waals surface area contributed by atoms with E-state index in [-0.39, 0.29) is 5.54 Å². The van der Waals surface area contributed by atoms with Crippen LogP contribution in [0.2, 0.25) is 0 Å². The minimum atomic E-state index is 0.0635. The maximum atomic E-state index is 5.49. The first kappa shape index (κ1) is 12.4. The largest absolute Gasteiger partial charge is 0.407 e. The lowest BCUT2D eigenvalue weighted by atomic mass is 10.1. The second-order valence-corrected chi connectivity index (χ2v) is 5.76. The molecule has 1 aromatic rings. The summed E-state index contributed by atoms with van der Waals surface area (Å²) in [5.41, 5.74) is 0.0635. The van der Waals surface area contributed by atoms with Gasteiger partial charge in [0.25, 0.3) is 0 Å². The normalized spacial score (nSPS) is 16.2. The van der Waals surface area contributed by atoms with E-state index in [1.807, 2.05) is 0 Å². The van der Waals surface area contributed by atoms with Crippen LogP contribution in [0.1, 0.15) is 45.9 Å². The van der Waals surface area contributed by atoms with Crippen LogP contribution in [0.5, 0.6) is 0 Å². The summed E-state index contributed by atoms with van der Waals surface area (Å²) in [6, 6.07) is 0.538. The number of nitrogens with zero attached hydrogens (tertiary/aromatic N) is 2. The Morgan fingerprint density at radius 1 is 1.29 bits per heavy atom. The smallest absolute Gasteiger partial charge is 0.315 e. The molecule has 2 N–H and O–H groups in total. The first-order chi connectivity index (χ1) is 8.03. The molecule has 0 aliphatic heterocycles. The van der Waals surface area contributed by atoms with Crippen molar-refractivity contribution in [3.05, 3.63) is 5.89 Å². The van der Waals surface area contributed by atoms with Gasteiger partial charge in [0.05, 0.1) is 6.54 Å². The van der Waals surface area contributed by atoms with Crippen LogP contribution in [0.4, 0.5) is 6.01 Å². The topological polar surface area (TPSA) is 63.0 Å². The zero-order chi connectivity index (χ0) is 12.3. The number of rotatable bonds is 6. The fourth-order valence-corrected chi connectivity index (χ4v) is 1.53. The Hall–Kier alpha value is -1.10. The zero-order valence-electron chi connectivity index (χ0n) is 10.9. The molecule has 0 amide bonds. The highest BCUT2D eigenvalue weighted by Crippen LogP contribution is 2.31. The molecule has 1 aliphatic rings. The van der Waals surface area contributed by atoms with Gasteiger partial charge >= 0.3 is 6.01 Å². The Kier molecular flexibility index (Phi) is 3.66. The average molecular weight is 238 g/mol. The molecule has 17 heavy (non-hydrogen) atoms. The molecule has 1 saturated carbocycles. The molecular weight excluding hydrogens is 216 g/mol. The average Bonchev–Trinajstić information content (AvgIpc) is 2.93. The van der Waals surface area contributed by atoms with Crippen molar-refractivity contribution in [3.63, 3.8) is 0 Å². The summed E-state index contributed by atoms with van der Waals surface area (Å²) in [5, 5.41) is 14.4. The van der Waals surface area contributed by atoms with E-state index in [0.29, 0.717) is 18.5 Å². The van der Waals surface area contributed by atoms with Gasteiger partial charge in [0.2, 0.25) is 5.89 Å². The van der Waals surface area contributed by atoms with Crippen molar-refractivity contribution in [1.82, 2.24) is 15.5 Å². The van der Waals surface area contributed by atoms with Crippen molar-refractivity contribution in [2.24, 2.45) is 5.92 Å². The van der Waals surface area contributed by atoms with E-state index in [9.17, 15) is 0 Å². The Morgan fingerprint density at radius 2 is 2.06 bits per heavy atom. The van der Waals surface area contributed by atoms with Crippen molar-refractivity contribution in [3.8, 4) is 0 Å². The standard InChI is InChI=1S/C12H22N4O/c1-12(2,3)14-8-10-15-16-11(17-10)13-7-6-9-4-5-9/h9,14H,4-8H2,1-3H3,(H,13,16). The summed E-state index contributed by atoms with van der Waals surface area (Å²) in [7, 11) is 0. The van der Waals surface area contributed by atoms with Crippen molar-refractivity contribution in [2.75, 3.05) is 11.9 Å². The number of nitrogens with one attached hydrogen (secondary N) is 2. The number of aromatic nitrogens is 2. The van der Waals surface area contributed by atoms with Crippen LogP contribution in [-0.4, -0.2) is 22.3 Å². The third-order valence-electron chi connectivity index (χ3n) is 2.76. The van der Waals surface area contributed by atoms with E-state index in [0.717, 1.165) is 12.5 Å². The zero-order valence-corrected chi connectivity index (χ0v) is 10.9. The molecule has 1 aromatic heterocycles. The highest BCUT2D eigenvalue weighted by molar-refractivity contribution is 5.16. The summed E-state index contributed by atoms with van der Waals surface area (Å²) in [6.45, 7) is 7.87. The number of hydrogen-bond acceptors (Lipinski definition) is 5. The minimum absolute atomic E-state index is 0.0635. The molecule has 0 bridgehead atoms. The van der Waals surface area contributed by atoms with Crippen LogP contribution in [0.15, 0.2) is 4.42 Å². The Bertz CT molecular complexity index is 352. The fourth-order valence-electron chi connectivity index (χ4n) is 1.53. The summed E-state index contributed by atoms with van der Waals surface area (Å²) >= 11 is 0. The number of anilines is 1. The van der Waals surface area contributed by atoms with Gasteiger partial charge in [-0.1, -0.05) is 17.9 Å². The van der Waals surface area contributed by atoms with E-state index >= 15 is 0 Å². The lowest BCUT2D eigenvalue weighted by Crippen LogP contribution is -2.35. The first-order valence-corrected chi connectivity index (χ1v) is 6.34. The molecule has 0 unspecified atom stereocenters. The van der Waals surface area contributed by atoms with Gasteiger partial charge in [-0.05, 0) is 33.1 Å². The number of hydrogen-bond donors (Lipinski definition) is 2. The molecule has 1 fully saturated rings. The van der Waals surface area contributed by atoms with Gasteiger partial charge < -0.3 is 15.1 Å². The van der Waals surface area contributed by atoms with E-state index in [1.54, 1.807) is 0 Å². The first-order valence-electron chi connectivity index (χ1n) is 6.34. The summed E-state index contributed by atoms with van der Waals surface area (Å²) in [6.07, 6.45) is 3.97. The highest BCUT2D eigenvalue weighted by atomic mass is 16.4. The molecular formula is C12H22N4O. The van der Waals surface area contributed by atoms with Crippen molar-refractivity contribution in [2.45, 2.75) is 52.1 Å². The Balaban J connectivity index is 1.70. The summed E-state index contributed by atoms with van der Waals surface area (Å²) in [5.74, 6) is 1.56. The Morgan fingerprint density at radius 3 is 2.71 bits per heavy atom. The molecule has 0 atom stereocenters. The lowest BCUT2D eigenvalue weighted by Gasteiger charge is -2.18. The molecule has 5 nitrogen and oxygen atoms in total. The van der Waals surface area contributed by atoms with Crippen LogP contribution in [0.3, 0.4) is 0 Å². The van der Waals surface area contributed by atoms with Crippen molar-refractivity contribution >= 4 is 6.01 Å². The van der Waals surface area contributed by atoms with E-state index < -0.39 is 0 Å². The van der Waals surface area contributed by atoms with E-state index in [4.69, 9.17) is 4.42 Å². The fraction of sp³-hybridized carbons (Fsp3) is 0.833. The van der Waals surface area contributed by atoms with Gasteiger partial charge in [-0.15, -0.1) is 5.10 Å². The SMILES string of the molecule is CC(C)(C)NCc1nnc(NCCC2CC2)o1. The molecule has 1 aliphatic carbocycles. The summed E-state index contributed by atoms with van der Waals surface area (Å²) in [4.78, 5) is 0. The van der Waals surface area contributed by atoms with Crippen LogP contribution in [0, 0.1) is 5.92 Å². The lowest BCUT2D eigenvalue weighted by molar-refractivity contribution is 0.383. The molecule has 1 heterocycles. The van der Waals surface area contributed by atoms with Gasteiger partial charge in [-0.25, -0.2) is 0 Å². The molecule has 0 spiro atoms. The molecule has 0 aromatic carbocycles. The van der Waals surface area contributed by atoms with Gasteiger partial charge in [-0.3, -0.25) is 0 Å². The van der Waals surface area contributed by atoms with Crippen LogP contribution >= 0.6 is 0 Å². The quantitative estimate of drug-likeness (QED) is 0.795. The van der Waals surface area contributed by atoms with Gasteiger partial charge in [0.15, 0.2) is 0 Å². The molecule has 5 heteroatoms. The van der Waals surface area contributed by atoms with Gasteiger partial charge in [-0.2, -0.15) is 0 Å². The second kappa shape index (κ2) is 5.04. The second-order valence-electron chi connectivity index (χ2n) is 5.76. The van der Waals surface area contributed by atoms with Crippen molar-refractivity contribution in [1.29, 1.82) is 0 Å². The maximum Gasteiger partial charge on any atom is 0.315 e.